The van der Waals surface area contributed by atoms with Gasteiger partial charge in [0.2, 0.25) is 11.8 Å². The molecule has 0 spiro atoms. The molecule has 0 aromatic heterocycles. The van der Waals surface area contributed by atoms with Gasteiger partial charge in [0.05, 0.1) is 0 Å². The van der Waals surface area contributed by atoms with E-state index in [1.807, 2.05) is 30.3 Å². The van der Waals surface area contributed by atoms with Crippen molar-refractivity contribution < 1.29 is 28.0 Å². The zero-order chi connectivity index (χ0) is 31.5. The summed E-state index contributed by atoms with van der Waals surface area (Å²) in [6.07, 6.45) is 0.738. The molecule has 0 aliphatic carbocycles. The van der Waals surface area contributed by atoms with Crippen molar-refractivity contribution in [3.8, 4) is 0 Å². The molecule has 234 valence electrons. The van der Waals surface area contributed by atoms with Crippen LogP contribution < -0.4 is 0 Å². The average Bonchev–Trinajstić information content (AvgIpc) is 3.78. The first kappa shape index (κ1) is 31.1. The number of nitrogens with zero attached hydrogens (tertiary/aromatic N) is 4. The van der Waals surface area contributed by atoms with E-state index in [-0.39, 0.29) is 13.0 Å². The van der Waals surface area contributed by atoms with Crippen molar-refractivity contribution >= 4 is 47.3 Å². The van der Waals surface area contributed by atoms with Gasteiger partial charge < -0.3 is 14.7 Å². The van der Waals surface area contributed by atoms with Gasteiger partial charge >= 0.3 is 6.03 Å². The third-order valence-corrected chi connectivity index (χ3v) is 10.8. The number of hydrogen-bond donors (Lipinski definition) is 0. The highest BCUT2D eigenvalue weighted by molar-refractivity contribution is 8.00. The maximum absolute atomic E-state index is 14.7. The van der Waals surface area contributed by atoms with Crippen molar-refractivity contribution in [3.63, 3.8) is 0 Å². The standard InChI is InChI=1S/C33H32F2N4O4S2/c34-25-12-6-4-10-23(25)31-36(16-18-44-31)28(40)20-38-27(15-14-22-8-2-1-3-9-22)30(42)39(33(38)43)21-29(41)37-17-19-45-32(37)24-11-5-7-13-26(24)35/h1-13,27,31-32H,14-21H2/t27-,31-,32+/m0/s1. The molecule has 3 atom stereocenters. The lowest BCUT2D eigenvalue weighted by Gasteiger charge is -2.28. The number of rotatable bonds is 9. The minimum atomic E-state index is -0.952. The van der Waals surface area contributed by atoms with Crippen LogP contribution in [0.1, 0.15) is 33.9 Å². The van der Waals surface area contributed by atoms with E-state index in [4.69, 9.17) is 0 Å². The summed E-state index contributed by atoms with van der Waals surface area (Å²) >= 11 is 2.86. The number of thioether (sulfide) groups is 2. The Morgan fingerprint density at radius 3 is 1.78 bits per heavy atom. The highest BCUT2D eigenvalue weighted by atomic mass is 32.2. The molecule has 0 N–H and O–H groups in total. The summed E-state index contributed by atoms with van der Waals surface area (Å²) < 4.78 is 29.3. The molecule has 0 unspecified atom stereocenters. The summed E-state index contributed by atoms with van der Waals surface area (Å²) in [6.45, 7) is -0.160. The van der Waals surface area contributed by atoms with Gasteiger partial charge in [-0.25, -0.2) is 13.6 Å². The Bertz CT molecular complexity index is 1600. The second kappa shape index (κ2) is 13.6. The van der Waals surface area contributed by atoms with Gasteiger partial charge in [0.25, 0.3) is 5.91 Å². The first-order valence-corrected chi connectivity index (χ1v) is 16.9. The Hall–Kier alpha value is -3.90. The molecule has 3 heterocycles. The van der Waals surface area contributed by atoms with Gasteiger partial charge in [0, 0.05) is 35.7 Å². The van der Waals surface area contributed by atoms with Crippen LogP contribution in [0, 0.1) is 11.6 Å². The van der Waals surface area contributed by atoms with E-state index < -0.39 is 58.7 Å². The number of urea groups is 1. The number of aryl methyl sites for hydroxylation is 1. The van der Waals surface area contributed by atoms with Crippen LogP contribution in [0.4, 0.5) is 13.6 Å². The molecule has 0 radical (unpaired) electrons. The van der Waals surface area contributed by atoms with E-state index in [2.05, 4.69) is 0 Å². The van der Waals surface area contributed by atoms with Crippen molar-refractivity contribution in [2.45, 2.75) is 29.6 Å². The van der Waals surface area contributed by atoms with Crippen LogP contribution in [0.2, 0.25) is 0 Å². The molecule has 0 bridgehead atoms. The van der Waals surface area contributed by atoms with Gasteiger partial charge in [0.1, 0.15) is 41.5 Å². The molecule has 5 amide bonds. The highest BCUT2D eigenvalue weighted by Gasteiger charge is 2.48. The van der Waals surface area contributed by atoms with Gasteiger partial charge in [-0.2, -0.15) is 0 Å². The van der Waals surface area contributed by atoms with E-state index in [9.17, 15) is 28.0 Å². The SMILES string of the molecule is O=C1[C@H](CCc2ccccc2)N(CC(=O)N2CCS[C@H]2c2ccccc2F)C(=O)N1CC(=O)N1CCS[C@@H]1c1ccccc1F. The molecule has 8 nitrogen and oxygen atoms in total. The van der Waals surface area contributed by atoms with Crippen LogP contribution in [-0.2, 0) is 20.8 Å². The zero-order valence-electron chi connectivity index (χ0n) is 24.4. The maximum atomic E-state index is 14.7. The average molecular weight is 651 g/mol. The van der Waals surface area contributed by atoms with E-state index in [0.717, 1.165) is 10.5 Å². The van der Waals surface area contributed by atoms with Crippen LogP contribution in [-0.4, -0.2) is 87.1 Å². The molecule has 3 aromatic carbocycles. The van der Waals surface area contributed by atoms with E-state index in [1.165, 1.54) is 45.5 Å². The summed E-state index contributed by atoms with van der Waals surface area (Å²) in [7, 11) is 0. The van der Waals surface area contributed by atoms with Crippen LogP contribution >= 0.6 is 23.5 Å². The monoisotopic (exact) mass is 650 g/mol. The molecule has 45 heavy (non-hydrogen) atoms. The summed E-state index contributed by atoms with van der Waals surface area (Å²) in [5, 5.41) is -1.11. The van der Waals surface area contributed by atoms with Gasteiger partial charge in [-0.1, -0.05) is 66.7 Å². The van der Waals surface area contributed by atoms with E-state index >= 15 is 0 Å². The number of carbonyl (C=O) groups excluding carboxylic acids is 4. The van der Waals surface area contributed by atoms with Crippen LogP contribution in [0.5, 0.6) is 0 Å². The van der Waals surface area contributed by atoms with Gasteiger partial charge in [-0.05, 0) is 30.5 Å². The molecule has 0 saturated carbocycles. The zero-order valence-corrected chi connectivity index (χ0v) is 26.0. The lowest BCUT2D eigenvalue weighted by molar-refractivity contribution is -0.138. The fourth-order valence-electron chi connectivity index (χ4n) is 6.03. The lowest BCUT2D eigenvalue weighted by atomic mass is 10.0. The first-order chi connectivity index (χ1) is 21.8. The Kier molecular flexibility index (Phi) is 9.41. The number of carbonyl (C=O) groups is 4. The molecule has 3 saturated heterocycles. The smallest absolute Gasteiger partial charge is 0.324 e. The molecule has 3 fully saturated rings. The quantitative estimate of drug-likeness (QED) is 0.301. The van der Waals surface area contributed by atoms with E-state index in [0.29, 0.717) is 42.1 Å². The summed E-state index contributed by atoms with van der Waals surface area (Å²) in [6, 6.07) is 20.4. The molecular weight excluding hydrogens is 619 g/mol. The predicted molar refractivity (Wildman–Crippen MR) is 169 cm³/mol. The number of benzene rings is 3. The molecule has 6 rings (SSSR count). The highest BCUT2D eigenvalue weighted by Crippen LogP contribution is 2.40. The summed E-state index contributed by atoms with van der Waals surface area (Å²) in [5.74, 6) is -1.07. The van der Waals surface area contributed by atoms with Crippen molar-refractivity contribution in [2.75, 3.05) is 37.7 Å². The Labute approximate surface area is 268 Å². The van der Waals surface area contributed by atoms with Crippen LogP contribution in [0.3, 0.4) is 0 Å². The molecule has 3 aromatic rings. The van der Waals surface area contributed by atoms with Gasteiger partial charge in [0.15, 0.2) is 0 Å². The largest absolute Gasteiger partial charge is 0.328 e. The first-order valence-electron chi connectivity index (χ1n) is 14.8. The topological polar surface area (TPSA) is 81.2 Å². The molecule has 3 aliphatic heterocycles. The minimum absolute atomic E-state index is 0.259. The van der Waals surface area contributed by atoms with Crippen molar-refractivity contribution in [1.82, 2.24) is 19.6 Å². The van der Waals surface area contributed by atoms with Crippen LogP contribution in [0.25, 0.3) is 0 Å². The summed E-state index contributed by atoms with van der Waals surface area (Å²) in [5.41, 5.74) is 1.72. The minimum Gasteiger partial charge on any atom is -0.324 e. The second-order valence-corrected chi connectivity index (χ2v) is 13.4. The Morgan fingerprint density at radius 2 is 1.22 bits per heavy atom. The normalized spacial score (nSPS) is 21.7. The Morgan fingerprint density at radius 1 is 0.711 bits per heavy atom. The number of halogens is 2. The summed E-state index contributed by atoms with van der Waals surface area (Å²) in [4.78, 5) is 60.0. The number of imide groups is 1. The van der Waals surface area contributed by atoms with Crippen LogP contribution in [0.15, 0.2) is 78.9 Å². The molecule has 12 heteroatoms. The lowest BCUT2D eigenvalue weighted by Crippen LogP contribution is -2.45. The maximum Gasteiger partial charge on any atom is 0.328 e. The fraction of sp³-hybridized carbons (Fsp3) is 0.333. The van der Waals surface area contributed by atoms with Crippen molar-refractivity contribution in [1.29, 1.82) is 0 Å². The van der Waals surface area contributed by atoms with Gasteiger partial charge in [-0.3, -0.25) is 19.3 Å². The Balaban J connectivity index is 1.21. The van der Waals surface area contributed by atoms with Crippen molar-refractivity contribution in [2.24, 2.45) is 0 Å². The van der Waals surface area contributed by atoms with Gasteiger partial charge in [-0.15, -0.1) is 23.5 Å². The predicted octanol–water partition coefficient (Wildman–Crippen LogP) is 5.08. The number of hydrogen-bond acceptors (Lipinski definition) is 6. The third-order valence-electron chi connectivity index (χ3n) is 8.32. The van der Waals surface area contributed by atoms with Crippen molar-refractivity contribution in [3.05, 3.63) is 107 Å². The third kappa shape index (κ3) is 6.44. The second-order valence-electron chi connectivity index (χ2n) is 11.0. The number of amides is 5. The fourth-order valence-corrected chi connectivity index (χ4v) is 8.62. The van der Waals surface area contributed by atoms with E-state index in [1.54, 1.807) is 41.3 Å². The molecular formula is C33H32F2N4O4S2. The molecule has 3 aliphatic rings.